The summed E-state index contributed by atoms with van der Waals surface area (Å²) in [6, 6.07) is 15.7. The third kappa shape index (κ3) is 4.44. The monoisotopic (exact) mass is 464 g/mol. The maximum Gasteiger partial charge on any atom is 0.244 e. The quantitative estimate of drug-likeness (QED) is 0.645. The molecule has 2 aromatic rings. The van der Waals surface area contributed by atoms with Gasteiger partial charge in [0.05, 0.1) is 10.4 Å². The molecular formula is C24H30ClFN2O2S. The molecule has 1 aliphatic carbocycles. The molecule has 0 saturated heterocycles. The van der Waals surface area contributed by atoms with E-state index in [1.54, 1.807) is 16.4 Å². The van der Waals surface area contributed by atoms with E-state index in [1.807, 2.05) is 37.3 Å². The highest BCUT2D eigenvalue weighted by Gasteiger charge is 2.55. The van der Waals surface area contributed by atoms with Crippen LogP contribution in [0, 0.1) is 5.82 Å². The lowest BCUT2D eigenvalue weighted by Gasteiger charge is -2.42. The van der Waals surface area contributed by atoms with Gasteiger partial charge in [-0.2, -0.15) is 4.31 Å². The van der Waals surface area contributed by atoms with Gasteiger partial charge in [-0.15, -0.1) is 12.4 Å². The van der Waals surface area contributed by atoms with Gasteiger partial charge in [0.1, 0.15) is 5.82 Å². The van der Waals surface area contributed by atoms with Gasteiger partial charge in [0.25, 0.3) is 0 Å². The van der Waals surface area contributed by atoms with Crippen molar-refractivity contribution in [3.63, 3.8) is 0 Å². The fourth-order valence-corrected chi connectivity index (χ4v) is 7.25. The highest BCUT2D eigenvalue weighted by molar-refractivity contribution is 7.98. The normalized spacial score (nSPS) is 20.1. The van der Waals surface area contributed by atoms with Crippen LogP contribution in [-0.4, -0.2) is 31.4 Å². The molecule has 1 fully saturated rings. The molecular weight excluding hydrogens is 435 g/mol. The van der Waals surface area contributed by atoms with Crippen molar-refractivity contribution in [2.45, 2.75) is 51.1 Å². The lowest BCUT2D eigenvalue weighted by Crippen LogP contribution is -2.50. The highest BCUT2D eigenvalue weighted by Crippen LogP contribution is 2.52. The van der Waals surface area contributed by atoms with Crippen molar-refractivity contribution in [3.8, 4) is 0 Å². The Morgan fingerprint density at radius 1 is 1.00 bits per heavy atom. The molecule has 0 atom stereocenters. The van der Waals surface area contributed by atoms with Crippen molar-refractivity contribution in [2.24, 2.45) is 0 Å². The van der Waals surface area contributed by atoms with E-state index in [0.717, 1.165) is 49.8 Å². The summed E-state index contributed by atoms with van der Waals surface area (Å²) in [7, 11) is -3.73. The van der Waals surface area contributed by atoms with Crippen molar-refractivity contribution in [1.29, 1.82) is 0 Å². The molecule has 2 aliphatic rings. The number of halogens is 2. The van der Waals surface area contributed by atoms with E-state index < -0.39 is 15.6 Å². The fraction of sp³-hybridized carbons (Fsp3) is 0.417. The van der Waals surface area contributed by atoms with Crippen molar-refractivity contribution < 1.29 is 12.8 Å². The largest absolute Gasteiger partial charge is 0.313 e. The van der Waals surface area contributed by atoms with Gasteiger partial charge in [0, 0.05) is 13.1 Å². The van der Waals surface area contributed by atoms with Gasteiger partial charge >= 0.3 is 0 Å². The van der Waals surface area contributed by atoms with E-state index in [-0.39, 0.29) is 18.2 Å². The average Bonchev–Trinajstić information content (AvgIpc) is 2.92. The molecule has 31 heavy (non-hydrogen) atoms. The van der Waals surface area contributed by atoms with Crippen LogP contribution >= 0.6 is 12.4 Å². The van der Waals surface area contributed by atoms with Gasteiger partial charge in [0.15, 0.2) is 0 Å². The van der Waals surface area contributed by atoms with Crippen LogP contribution in [0.5, 0.6) is 0 Å². The molecule has 1 aliphatic heterocycles. The Morgan fingerprint density at radius 3 is 2.26 bits per heavy atom. The summed E-state index contributed by atoms with van der Waals surface area (Å²) in [5.74, 6) is -0.364. The Kier molecular flexibility index (Phi) is 7.58. The van der Waals surface area contributed by atoms with Crippen molar-refractivity contribution in [3.05, 3.63) is 77.1 Å². The van der Waals surface area contributed by atoms with Crippen LogP contribution in [0.1, 0.15) is 50.2 Å². The molecule has 1 N–H and O–H groups in total. The topological polar surface area (TPSA) is 49.4 Å². The molecule has 0 unspecified atom stereocenters. The first kappa shape index (κ1) is 23.9. The molecule has 1 heterocycles. The zero-order chi connectivity index (χ0) is 21.2. The van der Waals surface area contributed by atoms with Gasteiger partial charge < -0.3 is 5.32 Å². The zero-order valence-corrected chi connectivity index (χ0v) is 19.4. The molecule has 0 aromatic heterocycles. The van der Waals surface area contributed by atoms with Crippen molar-refractivity contribution >= 4 is 27.3 Å². The molecule has 2 aromatic carbocycles. The van der Waals surface area contributed by atoms with E-state index >= 15 is 0 Å². The minimum absolute atomic E-state index is 0. The summed E-state index contributed by atoms with van der Waals surface area (Å²) in [4.78, 5) is 0.362. The Hall–Kier alpha value is -1.73. The first-order chi connectivity index (χ1) is 14.5. The van der Waals surface area contributed by atoms with E-state index in [1.165, 1.54) is 12.1 Å². The van der Waals surface area contributed by atoms with Crippen molar-refractivity contribution in [2.75, 3.05) is 13.1 Å². The standard InChI is InChI=1S/C24H29FN2O2S.ClH/c1-2-26-17-22-23(20-11-13-21(25)14-12-20)30(28,29)27(18-19-9-5-3-6-10-19)24(22)15-7-4-8-16-24;/h3,5-6,9-14,26H,2,4,7-8,15-18H2,1H3;1H. The Balaban J connectivity index is 0.00000272. The van der Waals surface area contributed by atoms with Gasteiger partial charge in [-0.05, 0) is 48.2 Å². The van der Waals surface area contributed by atoms with Crippen LogP contribution in [0.4, 0.5) is 4.39 Å². The third-order valence-corrected chi connectivity index (χ3v) is 8.43. The number of benzene rings is 2. The highest BCUT2D eigenvalue weighted by atomic mass is 35.5. The summed E-state index contributed by atoms with van der Waals surface area (Å²) in [6.45, 7) is 3.66. The number of likely N-dealkylation sites (N-methyl/N-ethyl adjacent to an activating group) is 1. The van der Waals surface area contributed by atoms with Crippen molar-refractivity contribution in [1.82, 2.24) is 9.62 Å². The van der Waals surface area contributed by atoms with E-state index in [2.05, 4.69) is 5.32 Å². The maximum atomic E-state index is 14.0. The first-order valence-corrected chi connectivity index (χ1v) is 12.2. The molecule has 0 bridgehead atoms. The van der Waals surface area contributed by atoms with Crippen LogP contribution in [0.2, 0.25) is 0 Å². The van der Waals surface area contributed by atoms with Crippen LogP contribution in [0.15, 0.2) is 60.2 Å². The Bertz CT molecular complexity index is 1020. The number of hydrogen-bond acceptors (Lipinski definition) is 3. The number of nitrogens with one attached hydrogen (secondary N) is 1. The van der Waals surface area contributed by atoms with Gasteiger partial charge in [-0.25, -0.2) is 12.8 Å². The van der Waals surface area contributed by atoms with Crippen LogP contribution in [0.3, 0.4) is 0 Å². The Labute approximate surface area is 191 Å². The lowest BCUT2D eigenvalue weighted by atomic mass is 9.75. The minimum Gasteiger partial charge on any atom is -0.313 e. The molecule has 4 nitrogen and oxygen atoms in total. The molecule has 7 heteroatoms. The SMILES string of the molecule is CCNCC1=C(c2ccc(F)cc2)S(=O)(=O)N(Cc2ccccc2)C12CCCCC2.Cl. The number of hydrogen-bond donors (Lipinski definition) is 1. The fourth-order valence-electron chi connectivity index (χ4n) is 4.95. The minimum atomic E-state index is -3.73. The van der Waals surface area contributed by atoms with Crippen LogP contribution < -0.4 is 5.32 Å². The predicted octanol–water partition coefficient (Wildman–Crippen LogP) is 5.12. The van der Waals surface area contributed by atoms with Gasteiger partial charge in [-0.3, -0.25) is 0 Å². The summed E-state index contributed by atoms with van der Waals surface area (Å²) in [5, 5.41) is 3.37. The molecule has 168 valence electrons. The van der Waals surface area contributed by atoms with E-state index in [4.69, 9.17) is 0 Å². The second-order valence-electron chi connectivity index (χ2n) is 8.18. The summed E-state index contributed by atoms with van der Waals surface area (Å²) < 4.78 is 43.3. The van der Waals surface area contributed by atoms with E-state index in [9.17, 15) is 12.8 Å². The molecule has 1 spiro atoms. The zero-order valence-electron chi connectivity index (χ0n) is 17.8. The second-order valence-corrected chi connectivity index (χ2v) is 9.98. The predicted molar refractivity (Wildman–Crippen MR) is 126 cm³/mol. The first-order valence-electron chi connectivity index (χ1n) is 10.8. The third-order valence-electron chi connectivity index (χ3n) is 6.37. The number of rotatable bonds is 6. The molecule has 4 rings (SSSR count). The second kappa shape index (κ2) is 9.82. The molecule has 0 radical (unpaired) electrons. The maximum absolute atomic E-state index is 14.0. The summed E-state index contributed by atoms with van der Waals surface area (Å²) in [5.41, 5.74) is 1.98. The van der Waals surface area contributed by atoms with Crippen LogP contribution in [0.25, 0.3) is 4.91 Å². The molecule has 0 amide bonds. The lowest BCUT2D eigenvalue weighted by molar-refractivity contribution is 0.166. The smallest absolute Gasteiger partial charge is 0.244 e. The molecule has 1 saturated carbocycles. The number of sulfonamides is 1. The van der Waals surface area contributed by atoms with Gasteiger partial charge in [-0.1, -0.05) is 68.7 Å². The van der Waals surface area contributed by atoms with E-state index in [0.29, 0.717) is 23.6 Å². The average molecular weight is 465 g/mol. The van der Waals surface area contributed by atoms with Crippen LogP contribution in [-0.2, 0) is 16.6 Å². The number of nitrogens with zero attached hydrogens (tertiary/aromatic N) is 1. The van der Waals surface area contributed by atoms with Gasteiger partial charge in [0.2, 0.25) is 10.0 Å². The summed E-state index contributed by atoms with van der Waals surface area (Å²) >= 11 is 0. The Morgan fingerprint density at radius 2 is 1.65 bits per heavy atom. The summed E-state index contributed by atoms with van der Waals surface area (Å²) in [6.07, 6.45) is 4.79.